The molecule has 0 atom stereocenters. The molecule has 3 aromatic rings. The zero-order valence-corrected chi connectivity index (χ0v) is 16.2. The number of pyridine rings is 1. The minimum absolute atomic E-state index is 0.0587. The minimum Gasteiger partial charge on any atom is -0.353 e. The summed E-state index contributed by atoms with van der Waals surface area (Å²) < 4.78 is 18.1. The SMILES string of the molecule is CCc1nc(-c2ccc(N3CCN(C(=O)Cc4ccc(F)cc4)CC3)nc2)no1. The average molecular weight is 395 g/mol. The summed E-state index contributed by atoms with van der Waals surface area (Å²) in [5, 5.41) is 3.96. The lowest BCUT2D eigenvalue weighted by Gasteiger charge is -2.35. The van der Waals surface area contributed by atoms with E-state index in [0.717, 1.165) is 16.9 Å². The van der Waals surface area contributed by atoms with Crippen LogP contribution >= 0.6 is 0 Å². The van der Waals surface area contributed by atoms with E-state index in [9.17, 15) is 9.18 Å². The van der Waals surface area contributed by atoms with E-state index in [2.05, 4.69) is 20.0 Å². The van der Waals surface area contributed by atoms with Crippen LogP contribution in [0, 0.1) is 5.82 Å². The molecule has 1 fully saturated rings. The first kappa shape index (κ1) is 19.0. The molecule has 0 unspecified atom stereocenters. The van der Waals surface area contributed by atoms with E-state index in [1.165, 1.54) is 12.1 Å². The predicted molar refractivity (Wildman–Crippen MR) is 106 cm³/mol. The Kier molecular flexibility index (Phi) is 5.50. The van der Waals surface area contributed by atoms with Gasteiger partial charge in [-0.2, -0.15) is 4.98 Å². The fourth-order valence-electron chi connectivity index (χ4n) is 3.29. The standard InChI is InChI=1S/C21H22FN5O2/c1-2-19-24-21(25-29-19)16-5-8-18(23-14-16)26-9-11-27(12-10-26)20(28)13-15-3-6-17(22)7-4-15/h3-8,14H,2,9-13H2,1H3. The first-order valence-electron chi connectivity index (χ1n) is 9.68. The number of carbonyl (C=O) groups is 1. The molecule has 1 amide bonds. The molecule has 0 radical (unpaired) electrons. The molecule has 29 heavy (non-hydrogen) atoms. The second-order valence-electron chi connectivity index (χ2n) is 6.94. The zero-order chi connectivity index (χ0) is 20.2. The highest BCUT2D eigenvalue weighted by molar-refractivity contribution is 5.79. The van der Waals surface area contributed by atoms with Crippen LogP contribution in [0.2, 0.25) is 0 Å². The van der Waals surface area contributed by atoms with Crippen LogP contribution in [0.25, 0.3) is 11.4 Å². The van der Waals surface area contributed by atoms with Crippen molar-refractivity contribution in [2.24, 2.45) is 0 Å². The number of benzene rings is 1. The minimum atomic E-state index is -0.293. The van der Waals surface area contributed by atoms with Crippen molar-refractivity contribution in [2.45, 2.75) is 19.8 Å². The molecule has 1 aromatic carbocycles. The predicted octanol–water partition coefficient (Wildman–Crippen LogP) is 2.72. The lowest BCUT2D eigenvalue weighted by molar-refractivity contribution is -0.130. The molecule has 4 rings (SSSR count). The normalized spacial score (nSPS) is 14.3. The molecule has 1 aliphatic rings. The maximum absolute atomic E-state index is 13.0. The van der Waals surface area contributed by atoms with Gasteiger partial charge in [0.15, 0.2) is 0 Å². The van der Waals surface area contributed by atoms with Crippen LogP contribution in [0.1, 0.15) is 18.4 Å². The molecular weight excluding hydrogens is 373 g/mol. The lowest BCUT2D eigenvalue weighted by atomic mass is 10.1. The van der Waals surface area contributed by atoms with Gasteiger partial charge in [-0.1, -0.05) is 24.2 Å². The van der Waals surface area contributed by atoms with E-state index in [4.69, 9.17) is 4.52 Å². The smallest absolute Gasteiger partial charge is 0.227 e. The first-order valence-corrected chi connectivity index (χ1v) is 9.68. The third-order valence-electron chi connectivity index (χ3n) is 5.00. The van der Waals surface area contributed by atoms with Gasteiger partial charge < -0.3 is 14.3 Å². The summed E-state index contributed by atoms with van der Waals surface area (Å²) in [6.07, 6.45) is 2.73. The molecule has 3 heterocycles. The Balaban J connectivity index is 1.33. The van der Waals surface area contributed by atoms with Crippen molar-refractivity contribution in [2.75, 3.05) is 31.1 Å². The van der Waals surface area contributed by atoms with Gasteiger partial charge >= 0.3 is 0 Å². The van der Waals surface area contributed by atoms with Crippen molar-refractivity contribution >= 4 is 11.7 Å². The van der Waals surface area contributed by atoms with E-state index in [1.807, 2.05) is 24.0 Å². The number of hydrogen-bond donors (Lipinski definition) is 0. The molecule has 1 saturated heterocycles. The molecule has 0 bridgehead atoms. The second-order valence-corrected chi connectivity index (χ2v) is 6.94. The molecule has 0 N–H and O–H groups in total. The highest BCUT2D eigenvalue weighted by atomic mass is 19.1. The lowest BCUT2D eigenvalue weighted by Crippen LogP contribution is -2.49. The van der Waals surface area contributed by atoms with Crippen LogP contribution in [0.15, 0.2) is 47.1 Å². The van der Waals surface area contributed by atoms with Gasteiger partial charge in [-0.15, -0.1) is 0 Å². The molecule has 2 aromatic heterocycles. The zero-order valence-electron chi connectivity index (χ0n) is 16.2. The Morgan fingerprint density at radius 3 is 2.48 bits per heavy atom. The van der Waals surface area contributed by atoms with Crippen molar-refractivity contribution in [1.82, 2.24) is 20.0 Å². The Morgan fingerprint density at radius 1 is 1.10 bits per heavy atom. The summed E-state index contributed by atoms with van der Waals surface area (Å²) in [4.78, 5) is 25.3. The second kappa shape index (κ2) is 8.38. The van der Waals surface area contributed by atoms with Crippen molar-refractivity contribution in [3.05, 3.63) is 59.9 Å². The maximum atomic E-state index is 13.0. The number of halogens is 1. The summed E-state index contributed by atoms with van der Waals surface area (Å²) in [5.41, 5.74) is 1.63. The van der Waals surface area contributed by atoms with Gasteiger partial charge in [0.25, 0.3) is 0 Å². The molecule has 0 aliphatic carbocycles. The van der Waals surface area contributed by atoms with Crippen molar-refractivity contribution < 1.29 is 13.7 Å². The quantitative estimate of drug-likeness (QED) is 0.661. The van der Waals surface area contributed by atoms with Crippen LogP contribution in [0.5, 0.6) is 0 Å². The van der Waals surface area contributed by atoms with E-state index in [1.54, 1.807) is 18.3 Å². The Hall–Kier alpha value is -3.29. The number of rotatable bonds is 5. The van der Waals surface area contributed by atoms with E-state index >= 15 is 0 Å². The maximum Gasteiger partial charge on any atom is 0.227 e. The largest absolute Gasteiger partial charge is 0.353 e. The van der Waals surface area contributed by atoms with E-state index in [0.29, 0.717) is 44.3 Å². The fourth-order valence-corrected chi connectivity index (χ4v) is 3.29. The number of aryl methyl sites for hydroxylation is 1. The van der Waals surface area contributed by atoms with Gasteiger partial charge in [-0.3, -0.25) is 4.79 Å². The number of piperazine rings is 1. The summed E-state index contributed by atoms with van der Waals surface area (Å²) in [7, 11) is 0. The molecule has 0 saturated carbocycles. The van der Waals surface area contributed by atoms with Crippen molar-refractivity contribution in [1.29, 1.82) is 0 Å². The molecule has 7 nitrogen and oxygen atoms in total. The molecule has 150 valence electrons. The molecule has 1 aliphatic heterocycles. The van der Waals surface area contributed by atoms with Crippen molar-refractivity contribution in [3.8, 4) is 11.4 Å². The van der Waals surface area contributed by atoms with Gasteiger partial charge in [0.2, 0.25) is 17.6 Å². The summed E-state index contributed by atoms with van der Waals surface area (Å²) in [6, 6.07) is 9.94. The molecule has 8 heteroatoms. The molecular formula is C21H22FN5O2. The van der Waals surface area contributed by atoms with Crippen LogP contribution in [-0.2, 0) is 17.6 Å². The van der Waals surface area contributed by atoms with Gasteiger partial charge in [0.1, 0.15) is 11.6 Å². The van der Waals surface area contributed by atoms with Crippen LogP contribution in [0.4, 0.5) is 10.2 Å². The highest BCUT2D eigenvalue weighted by Crippen LogP contribution is 2.20. The number of nitrogens with zero attached hydrogens (tertiary/aromatic N) is 5. The molecule has 0 spiro atoms. The van der Waals surface area contributed by atoms with Gasteiger partial charge in [-0.25, -0.2) is 9.37 Å². The Morgan fingerprint density at radius 2 is 1.86 bits per heavy atom. The number of aromatic nitrogens is 3. The van der Waals surface area contributed by atoms with E-state index < -0.39 is 0 Å². The monoisotopic (exact) mass is 395 g/mol. The number of amides is 1. The van der Waals surface area contributed by atoms with Crippen LogP contribution < -0.4 is 4.90 Å². The number of hydrogen-bond acceptors (Lipinski definition) is 6. The third-order valence-corrected chi connectivity index (χ3v) is 5.00. The van der Waals surface area contributed by atoms with Gasteiger partial charge in [0, 0.05) is 44.4 Å². The number of carbonyl (C=O) groups excluding carboxylic acids is 1. The first-order chi connectivity index (χ1) is 14.1. The van der Waals surface area contributed by atoms with Crippen molar-refractivity contribution in [3.63, 3.8) is 0 Å². The Bertz CT molecular complexity index is 963. The van der Waals surface area contributed by atoms with Gasteiger partial charge in [0.05, 0.1) is 6.42 Å². The third kappa shape index (κ3) is 4.42. The van der Waals surface area contributed by atoms with Crippen LogP contribution in [0.3, 0.4) is 0 Å². The fraction of sp³-hybridized carbons (Fsp3) is 0.333. The topological polar surface area (TPSA) is 75.4 Å². The summed E-state index contributed by atoms with van der Waals surface area (Å²) in [5.74, 6) is 1.77. The summed E-state index contributed by atoms with van der Waals surface area (Å²) in [6.45, 7) is 4.65. The summed E-state index contributed by atoms with van der Waals surface area (Å²) >= 11 is 0. The van der Waals surface area contributed by atoms with E-state index in [-0.39, 0.29) is 18.1 Å². The Labute approximate surface area is 168 Å². The van der Waals surface area contributed by atoms with Gasteiger partial charge in [-0.05, 0) is 29.8 Å². The number of anilines is 1. The average Bonchev–Trinajstić information content (AvgIpc) is 3.25. The highest BCUT2D eigenvalue weighted by Gasteiger charge is 2.22. The van der Waals surface area contributed by atoms with Crippen LogP contribution in [-0.4, -0.2) is 52.1 Å².